The molecule has 0 aliphatic carbocycles. The molecule has 2 rings (SSSR count). The van der Waals surface area contributed by atoms with Gasteiger partial charge in [-0.25, -0.2) is 4.79 Å². The molecule has 0 N–H and O–H groups in total. The van der Waals surface area contributed by atoms with Gasteiger partial charge in [0.1, 0.15) is 5.60 Å². The number of carbonyl (C=O) groups is 2. The molecule has 9 heteroatoms. The highest BCUT2D eigenvalue weighted by atomic mass is 32.1. The number of rotatable bonds is 2. The predicted octanol–water partition coefficient (Wildman–Crippen LogP) is 2.35. The standard InChI is InChI=1S/C14H19N3O5S/c1-14(2,3)22-13(19)16-6-4-15(5-7-16)12(18)10-8-11(17(20)21)23-9-10/h8-9H,4-7H2,1-3H3. The molecule has 2 amide bonds. The SMILES string of the molecule is CC(C)(C)OC(=O)N1CCN(C(=O)c2csc([N+](=O)[O-])c2)CC1. The minimum atomic E-state index is -0.556. The number of amides is 2. The molecular weight excluding hydrogens is 322 g/mol. The van der Waals surface area contributed by atoms with Crippen molar-refractivity contribution in [2.75, 3.05) is 26.2 Å². The fraction of sp³-hybridized carbons (Fsp3) is 0.571. The summed E-state index contributed by atoms with van der Waals surface area (Å²) in [6.45, 7) is 6.92. The Morgan fingerprint density at radius 3 is 2.26 bits per heavy atom. The lowest BCUT2D eigenvalue weighted by Gasteiger charge is -2.35. The van der Waals surface area contributed by atoms with Crippen molar-refractivity contribution in [2.45, 2.75) is 26.4 Å². The normalized spacial score (nSPS) is 15.4. The Hall–Kier alpha value is -2.16. The molecule has 8 nitrogen and oxygen atoms in total. The smallest absolute Gasteiger partial charge is 0.410 e. The predicted molar refractivity (Wildman–Crippen MR) is 84.7 cm³/mol. The highest BCUT2D eigenvalue weighted by Crippen LogP contribution is 2.24. The number of carbonyl (C=O) groups excluding carboxylic acids is 2. The van der Waals surface area contributed by atoms with Gasteiger partial charge in [-0.05, 0) is 20.8 Å². The summed E-state index contributed by atoms with van der Waals surface area (Å²) in [7, 11) is 0. The first-order valence-electron chi connectivity index (χ1n) is 7.17. The molecule has 0 atom stereocenters. The molecule has 1 saturated heterocycles. The monoisotopic (exact) mass is 341 g/mol. The average molecular weight is 341 g/mol. The van der Waals surface area contributed by atoms with Crippen molar-refractivity contribution in [2.24, 2.45) is 0 Å². The van der Waals surface area contributed by atoms with E-state index in [-0.39, 0.29) is 10.9 Å². The number of hydrogen-bond acceptors (Lipinski definition) is 6. The molecule has 0 bridgehead atoms. The second-order valence-electron chi connectivity index (χ2n) is 6.19. The molecular formula is C14H19N3O5S. The van der Waals surface area contributed by atoms with Crippen LogP contribution in [-0.2, 0) is 4.74 Å². The molecule has 23 heavy (non-hydrogen) atoms. The molecule has 1 aliphatic heterocycles. The summed E-state index contributed by atoms with van der Waals surface area (Å²) >= 11 is 0.931. The lowest BCUT2D eigenvalue weighted by molar-refractivity contribution is -0.380. The Balaban J connectivity index is 1.92. The molecule has 0 aromatic carbocycles. The molecule has 0 spiro atoms. The van der Waals surface area contributed by atoms with E-state index in [1.165, 1.54) is 11.4 Å². The summed E-state index contributed by atoms with van der Waals surface area (Å²) in [5.74, 6) is -0.252. The van der Waals surface area contributed by atoms with E-state index in [4.69, 9.17) is 4.74 Å². The molecule has 1 aromatic rings. The number of hydrogen-bond donors (Lipinski definition) is 0. The van der Waals surface area contributed by atoms with E-state index in [1.807, 2.05) is 0 Å². The van der Waals surface area contributed by atoms with Gasteiger partial charge in [-0.1, -0.05) is 11.3 Å². The third-order valence-electron chi connectivity index (χ3n) is 3.23. The summed E-state index contributed by atoms with van der Waals surface area (Å²) in [4.78, 5) is 37.6. The fourth-order valence-corrected chi connectivity index (χ4v) is 2.83. The summed E-state index contributed by atoms with van der Waals surface area (Å²) in [6, 6.07) is 1.28. The lowest BCUT2D eigenvalue weighted by atomic mass is 10.2. The number of nitro groups is 1. The first-order chi connectivity index (χ1) is 10.7. The molecule has 1 aromatic heterocycles. The molecule has 126 valence electrons. The van der Waals surface area contributed by atoms with Crippen LogP contribution >= 0.6 is 11.3 Å². The summed E-state index contributed by atoms with van der Waals surface area (Å²) < 4.78 is 5.30. The topological polar surface area (TPSA) is 93.0 Å². The van der Waals surface area contributed by atoms with Gasteiger partial charge in [-0.2, -0.15) is 0 Å². The van der Waals surface area contributed by atoms with E-state index >= 15 is 0 Å². The van der Waals surface area contributed by atoms with Gasteiger partial charge in [0.2, 0.25) is 0 Å². The molecule has 0 radical (unpaired) electrons. The van der Waals surface area contributed by atoms with Crippen LogP contribution in [0.15, 0.2) is 11.4 Å². The largest absolute Gasteiger partial charge is 0.444 e. The second-order valence-corrected chi connectivity index (χ2v) is 7.08. The van der Waals surface area contributed by atoms with Crippen molar-refractivity contribution >= 4 is 28.3 Å². The van der Waals surface area contributed by atoms with Crippen molar-refractivity contribution < 1.29 is 19.2 Å². The molecule has 0 unspecified atom stereocenters. The summed E-state index contributed by atoms with van der Waals surface area (Å²) in [6.07, 6.45) is -0.393. The van der Waals surface area contributed by atoms with Crippen molar-refractivity contribution in [3.63, 3.8) is 0 Å². The van der Waals surface area contributed by atoms with Gasteiger partial charge in [0.15, 0.2) is 0 Å². The van der Waals surface area contributed by atoms with Crippen LogP contribution in [0.3, 0.4) is 0 Å². The third kappa shape index (κ3) is 4.41. The van der Waals surface area contributed by atoms with Crippen molar-refractivity contribution in [1.82, 2.24) is 9.80 Å². The van der Waals surface area contributed by atoms with Crippen LogP contribution < -0.4 is 0 Å². The first-order valence-corrected chi connectivity index (χ1v) is 8.05. The number of piperazine rings is 1. The van der Waals surface area contributed by atoms with Crippen LogP contribution in [0.5, 0.6) is 0 Å². The minimum absolute atomic E-state index is 0.0549. The first kappa shape index (κ1) is 17.2. The van der Waals surface area contributed by atoms with Crippen LogP contribution in [0.4, 0.5) is 9.80 Å². The van der Waals surface area contributed by atoms with Gasteiger partial charge in [0.25, 0.3) is 5.91 Å². The zero-order chi connectivity index (χ0) is 17.2. The second kappa shape index (κ2) is 6.53. The van der Waals surface area contributed by atoms with Gasteiger partial charge >= 0.3 is 11.1 Å². The van der Waals surface area contributed by atoms with E-state index in [0.717, 1.165) is 11.3 Å². The maximum Gasteiger partial charge on any atom is 0.410 e. The Kier molecular flexibility index (Phi) is 4.88. The van der Waals surface area contributed by atoms with E-state index in [1.54, 1.807) is 30.6 Å². The highest BCUT2D eigenvalue weighted by Gasteiger charge is 2.28. The fourth-order valence-electron chi connectivity index (χ4n) is 2.13. The number of nitrogens with zero attached hydrogens (tertiary/aromatic N) is 3. The van der Waals surface area contributed by atoms with E-state index < -0.39 is 16.6 Å². The number of ether oxygens (including phenoxy) is 1. The summed E-state index contributed by atoms with van der Waals surface area (Å²) in [5.41, 5.74) is -0.243. The highest BCUT2D eigenvalue weighted by molar-refractivity contribution is 7.13. The van der Waals surface area contributed by atoms with Gasteiger partial charge in [-0.15, -0.1) is 0 Å². The van der Waals surface area contributed by atoms with E-state index in [2.05, 4.69) is 0 Å². The quantitative estimate of drug-likeness (QED) is 0.608. The van der Waals surface area contributed by atoms with Gasteiger partial charge in [0, 0.05) is 37.6 Å². The zero-order valence-electron chi connectivity index (χ0n) is 13.3. The van der Waals surface area contributed by atoms with Gasteiger partial charge in [-0.3, -0.25) is 14.9 Å². The van der Waals surface area contributed by atoms with Crippen LogP contribution in [-0.4, -0.2) is 58.5 Å². The Labute approximate surface area is 137 Å². The van der Waals surface area contributed by atoms with Gasteiger partial charge in [0.05, 0.1) is 10.5 Å². The van der Waals surface area contributed by atoms with Crippen LogP contribution in [0.2, 0.25) is 0 Å². The average Bonchev–Trinajstić information content (AvgIpc) is 2.95. The van der Waals surface area contributed by atoms with Gasteiger partial charge < -0.3 is 14.5 Å². The van der Waals surface area contributed by atoms with Crippen LogP contribution in [0.1, 0.15) is 31.1 Å². The maximum atomic E-state index is 12.3. The third-order valence-corrected chi connectivity index (χ3v) is 4.11. The Morgan fingerprint density at radius 2 is 1.78 bits per heavy atom. The van der Waals surface area contributed by atoms with Crippen LogP contribution in [0.25, 0.3) is 0 Å². The van der Waals surface area contributed by atoms with E-state index in [9.17, 15) is 19.7 Å². The maximum absolute atomic E-state index is 12.3. The van der Waals surface area contributed by atoms with Crippen molar-refractivity contribution in [3.8, 4) is 0 Å². The summed E-state index contributed by atoms with van der Waals surface area (Å²) in [5, 5.41) is 12.1. The minimum Gasteiger partial charge on any atom is -0.444 e. The molecule has 0 saturated carbocycles. The van der Waals surface area contributed by atoms with Crippen LogP contribution in [0, 0.1) is 10.1 Å². The van der Waals surface area contributed by atoms with Crippen molar-refractivity contribution in [3.05, 3.63) is 27.1 Å². The Morgan fingerprint density at radius 1 is 1.22 bits per heavy atom. The molecule has 1 fully saturated rings. The number of thiophene rings is 1. The van der Waals surface area contributed by atoms with E-state index in [0.29, 0.717) is 31.7 Å². The molecule has 1 aliphatic rings. The van der Waals surface area contributed by atoms with Crippen molar-refractivity contribution in [1.29, 1.82) is 0 Å². The zero-order valence-corrected chi connectivity index (χ0v) is 14.1. The molecule has 2 heterocycles. The Bertz CT molecular complexity index is 614. The lowest BCUT2D eigenvalue weighted by Crippen LogP contribution is -2.51.